The molecule has 0 unspecified atom stereocenters. The summed E-state index contributed by atoms with van der Waals surface area (Å²) < 4.78 is 0. The van der Waals surface area contributed by atoms with Crippen molar-refractivity contribution in [1.29, 1.82) is 5.26 Å². The molecule has 3 nitrogen and oxygen atoms in total. The van der Waals surface area contributed by atoms with Crippen molar-refractivity contribution in [2.24, 2.45) is 5.92 Å². The molecule has 0 saturated heterocycles. The standard InChI is InChI=1S/C22H26N2O/c1-24(2)21(17-9-5-3-6-10-17)19-15-22(16-23,14-13-20(19)25)18-11-7-4-8-12-18/h3-12,19-21,25H,13-15H2,1-2H3/t19-,20-,21+,22-/m0/s1. The molecule has 1 aliphatic carbocycles. The highest BCUT2D eigenvalue weighted by molar-refractivity contribution is 5.34. The highest BCUT2D eigenvalue weighted by atomic mass is 16.3. The van der Waals surface area contributed by atoms with Crippen LogP contribution in [0, 0.1) is 17.2 Å². The molecule has 2 aromatic rings. The monoisotopic (exact) mass is 334 g/mol. The lowest BCUT2D eigenvalue weighted by atomic mass is 9.63. The normalized spacial score (nSPS) is 27.6. The Morgan fingerprint density at radius 3 is 2.24 bits per heavy atom. The molecule has 3 rings (SSSR count). The summed E-state index contributed by atoms with van der Waals surface area (Å²) in [4.78, 5) is 2.17. The molecule has 25 heavy (non-hydrogen) atoms. The number of aliphatic hydroxyl groups is 1. The van der Waals surface area contributed by atoms with Crippen molar-refractivity contribution >= 4 is 0 Å². The molecule has 0 aromatic heterocycles. The Kier molecular flexibility index (Phi) is 5.22. The van der Waals surface area contributed by atoms with Gasteiger partial charge in [0.25, 0.3) is 0 Å². The Hall–Kier alpha value is -2.15. The Bertz CT molecular complexity index is 723. The van der Waals surface area contributed by atoms with E-state index in [1.54, 1.807) is 0 Å². The second-order valence-electron chi connectivity index (χ2n) is 7.35. The van der Waals surface area contributed by atoms with Crippen LogP contribution in [0.25, 0.3) is 0 Å². The first kappa shape index (κ1) is 17.7. The summed E-state index contributed by atoms with van der Waals surface area (Å²) >= 11 is 0. The molecule has 3 heteroatoms. The Labute approximate surface area is 150 Å². The van der Waals surface area contributed by atoms with Crippen LogP contribution >= 0.6 is 0 Å². The first-order valence-corrected chi connectivity index (χ1v) is 8.93. The molecule has 1 fully saturated rings. The van der Waals surface area contributed by atoms with Crippen molar-refractivity contribution in [3.8, 4) is 6.07 Å². The first-order valence-electron chi connectivity index (χ1n) is 8.93. The van der Waals surface area contributed by atoms with Gasteiger partial charge in [-0.15, -0.1) is 0 Å². The van der Waals surface area contributed by atoms with Gasteiger partial charge in [0.2, 0.25) is 0 Å². The lowest BCUT2D eigenvalue weighted by Crippen LogP contribution is -2.44. The van der Waals surface area contributed by atoms with Gasteiger partial charge in [-0.2, -0.15) is 5.26 Å². The van der Waals surface area contributed by atoms with Gasteiger partial charge in [0.05, 0.1) is 17.6 Å². The zero-order valence-electron chi connectivity index (χ0n) is 15.0. The Morgan fingerprint density at radius 1 is 1.08 bits per heavy atom. The zero-order valence-corrected chi connectivity index (χ0v) is 15.0. The average Bonchev–Trinajstić information content (AvgIpc) is 2.65. The average molecular weight is 334 g/mol. The quantitative estimate of drug-likeness (QED) is 0.922. The van der Waals surface area contributed by atoms with Crippen molar-refractivity contribution < 1.29 is 5.11 Å². The van der Waals surface area contributed by atoms with Gasteiger partial charge in [0.1, 0.15) is 0 Å². The molecule has 4 atom stereocenters. The number of rotatable bonds is 4. The molecular formula is C22H26N2O. The maximum Gasteiger partial charge on any atom is 0.0827 e. The van der Waals surface area contributed by atoms with Gasteiger partial charge < -0.3 is 10.0 Å². The van der Waals surface area contributed by atoms with Crippen molar-refractivity contribution in [3.63, 3.8) is 0 Å². The molecule has 0 aliphatic heterocycles. The van der Waals surface area contributed by atoms with Crippen LogP contribution in [0.3, 0.4) is 0 Å². The van der Waals surface area contributed by atoms with Crippen LogP contribution in [0.5, 0.6) is 0 Å². The van der Waals surface area contributed by atoms with Crippen molar-refractivity contribution in [2.75, 3.05) is 14.1 Å². The van der Waals surface area contributed by atoms with E-state index in [0.717, 1.165) is 5.56 Å². The molecule has 1 N–H and O–H groups in total. The Morgan fingerprint density at radius 2 is 1.68 bits per heavy atom. The first-order chi connectivity index (χ1) is 12.1. The van der Waals surface area contributed by atoms with E-state index in [9.17, 15) is 10.4 Å². The fourth-order valence-electron chi connectivity index (χ4n) is 4.33. The second-order valence-corrected chi connectivity index (χ2v) is 7.35. The van der Waals surface area contributed by atoms with Gasteiger partial charge in [0, 0.05) is 12.0 Å². The molecule has 0 bridgehead atoms. The zero-order chi connectivity index (χ0) is 17.9. The molecule has 1 saturated carbocycles. The molecule has 2 aromatic carbocycles. The third-order valence-electron chi connectivity index (χ3n) is 5.59. The van der Waals surface area contributed by atoms with E-state index in [4.69, 9.17) is 0 Å². The minimum atomic E-state index is -0.520. The third-order valence-corrected chi connectivity index (χ3v) is 5.59. The van der Waals surface area contributed by atoms with Gasteiger partial charge in [-0.3, -0.25) is 0 Å². The van der Waals surface area contributed by atoms with Gasteiger partial charge in [-0.1, -0.05) is 60.7 Å². The number of nitriles is 1. The number of benzene rings is 2. The van der Waals surface area contributed by atoms with Crippen LogP contribution in [0.2, 0.25) is 0 Å². The van der Waals surface area contributed by atoms with Crippen molar-refractivity contribution in [1.82, 2.24) is 4.90 Å². The maximum atomic E-state index is 10.8. The van der Waals surface area contributed by atoms with E-state index in [-0.39, 0.29) is 12.0 Å². The van der Waals surface area contributed by atoms with Crippen LogP contribution < -0.4 is 0 Å². The van der Waals surface area contributed by atoms with Crippen LogP contribution in [-0.2, 0) is 5.41 Å². The van der Waals surface area contributed by atoms with E-state index in [1.165, 1.54) is 5.56 Å². The van der Waals surface area contributed by atoms with E-state index in [1.807, 2.05) is 48.5 Å². The summed E-state index contributed by atoms with van der Waals surface area (Å²) in [5.41, 5.74) is 1.74. The summed E-state index contributed by atoms with van der Waals surface area (Å²) in [5.74, 6) is 0.0195. The van der Waals surface area contributed by atoms with Gasteiger partial charge >= 0.3 is 0 Å². The summed E-state index contributed by atoms with van der Waals surface area (Å²) in [6, 6.07) is 23.1. The maximum absolute atomic E-state index is 10.8. The summed E-state index contributed by atoms with van der Waals surface area (Å²) in [6.07, 6.45) is 1.65. The smallest absolute Gasteiger partial charge is 0.0827 e. The third kappa shape index (κ3) is 3.46. The number of hydrogen-bond acceptors (Lipinski definition) is 3. The topological polar surface area (TPSA) is 47.3 Å². The van der Waals surface area contributed by atoms with Gasteiger partial charge in [0.15, 0.2) is 0 Å². The molecule has 0 amide bonds. The van der Waals surface area contributed by atoms with Crippen LogP contribution in [-0.4, -0.2) is 30.2 Å². The molecular weight excluding hydrogens is 308 g/mol. The van der Waals surface area contributed by atoms with Gasteiger partial charge in [-0.25, -0.2) is 0 Å². The van der Waals surface area contributed by atoms with Crippen molar-refractivity contribution in [2.45, 2.75) is 36.8 Å². The predicted molar refractivity (Wildman–Crippen MR) is 100.0 cm³/mol. The largest absolute Gasteiger partial charge is 0.393 e. The second kappa shape index (κ2) is 7.39. The minimum Gasteiger partial charge on any atom is -0.393 e. The minimum absolute atomic E-state index is 0.0195. The SMILES string of the molecule is CN(C)[C@H](c1ccccc1)[C@H]1C[C@@](C#N)(c2ccccc2)CC[C@@H]1O. The highest BCUT2D eigenvalue weighted by Crippen LogP contribution is 2.47. The molecule has 0 radical (unpaired) electrons. The van der Waals surface area contributed by atoms with E-state index < -0.39 is 11.5 Å². The summed E-state index contributed by atoms with van der Waals surface area (Å²) in [5, 5.41) is 20.8. The fraction of sp³-hybridized carbons (Fsp3) is 0.409. The summed E-state index contributed by atoms with van der Waals surface area (Å²) in [7, 11) is 4.10. The van der Waals surface area contributed by atoms with E-state index >= 15 is 0 Å². The van der Waals surface area contributed by atoms with E-state index in [0.29, 0.717) is 19.3 Å². The molecule has 130 valence electrons. The van der Waals surface area contributed by atoms with Crippen LogP contribution in [0.15, 0.2) is 60.7 Å². The van der Waals surface area contributed by atoms with Crippen molar-refractivity contribution in [3.05, 3.63) is 71.8 Å². The molecule has 0 heterocycles. The van der Waals surface area contributed by atoms with Crippen LogP contribution in [0.1, 0.15) is 36.4 Å². The predicted octanol–water partition coefficient (Wildman–Crippen LogP) is 3.91. The molecule has 1 aliphatic rings. The van der Waals surface area contributed by atoms with Crippen LogP contribution in [0.4, 0.5) is 0 Å². The number of hydrogen-bond donors (Lipinski definition) is 1. The molecule has 0 spiro atoms. The highest BCUT2D eigenvalue weighted by Gasteiger charge is 2.45. The van der Waals surface area contributed by atoms with E-state index in [2.05, 4.69) is 37.2 Å². The lowest BCUT2D eigenvalue weighted by molar-refractivity contribution is 0.00456. The number of nitrogens with zero attached hydrogens (tertiary/aromatic N) is 2. The Balaban J connectivity index is 1.98. The lowest BCUT2D eigenvalue weighted by Gasteiger charge is -2.44. The number of aliphatic hydroxyl groups excluding tert-OH is 1. The summed E-state index contributed by atoms with van der Waals surface area (Å²) in [6.45, 7) is 0. The fourth-order valence-corrected chi connectivity index (χ4v) is 4.33. The van der Waals surface area contributed by atoms with Gasteiger partial charge in [-0.05, 0) is 44.5 Å².